The number of fused-ring (bicyclic) bond motifs is 2. The maximum atomic E-state index is 8.96. The lowest BCUT2D eigenvalue weighted by atomic mass is 10.0. The molecule has 5 nitrogen and oxygen atoms in total. The predicted octanol–water partition coefficient (Wildman–Crippen LogP) is 7.94. The molecule has 0 radical (unpaired) electrons. The molecular formula is C44H30N2O3. The highest BCUT2D eigenvalue weighted by Crippen LogP contribution is 2.20. The van der Waals surface area contributed by atoms with E-state index in [2.05, 4.69) is 66.2 Å². The standard InChI is InChI=1S/C22H15NO2.C22H15NO/c23-13-18-4-8-19-11-17(3-7-20(19)12-18)2-1-16-5-9-21(10-6-16)24-14-22-15-25-22;23-14-19-8-10-20-11-17(7-9-21(20)12-19)4-1-16-2-5-18(6-3-16)13-22-15-24-22/h3-12,22H,14-15H2;2-3,5-12,22H,13,15H2. The Hall–Kier alpha value is -6.34. The third-order valence-electron chi connectivity index (χ3n) is 8.15. The van der Waals surface area contributed by atoms with Crippen LogP contribution in [0.2, 0.25) is 0 Å². The zero-order valence-corrected chi connectivity index (χ0v) is 26.6. The van der Waals surface area contributed by atoms with Crippen LogP contribution in [0.3, 0.4) is 0 Å². The topological polar surface area (TPSA) is 81.9 Å². The van der Waals surface area contributed by atoms with Gasteiger partial charge in [0.05, 0.1) is 42.6 Å². The number of hydrogen-bond acceptors (Lipinski definition) is 5. The summed E-state index contributed by atoms with van der Waals surface area (Å²) in [4.78, 5) is 0. The van der Waals surface area contributed by atoms with Gasteiger partial charge in [0.1, 0.15) is 18.5 Å². The van der Waals surface area contributed by atoms with Gasteiger partial charge in [-0.05, 0) is 112 Å². The molecule has 0 bridgehead atoms. The van der Waals surface area contributed by atoms with Gasteiger partial charge in [-0.2, -0.15) is 10.5 Å². The number of hydrogen-bond donors (Lipinski definition) is 0. The van der Waals surface area contributed by atoms with E-state index in [4.69, 9.17) is 24.7 Å². The predicted molar refractivity (Wildman–Crippen MR) is 191 cm³/mol. The Bertz CT molecular complexity index is 2350. The first-order valence-corrected chi connectivity index (χ1v) is 16.1. The van der Waals surface area contributed by atoms with Crippen molar-refractivity contribution in [3.8, 4) is 41.6 Å². The van der Waals surface area contributed by atoms with Gasteiger partial charge in [-0.1, -0.05) is 60.1 Å². The summed E-state index contributed by atoms with van der Waals surface area (Å²) < 4.78 is 16.0. The smallest absolute Gasteiger partial charge is 0.119 e. The van der Waals surface area contributed by atoms with Crippen molar-refractivity contribution in [1.29, 1.82) is 10.5 Å². The Balaban J connectivity index is 0.000000154. The zero-order valence-electron chi connectivity index (χ0n) is 26.6. The SMILES string of the molecule is N#Cc1ccc2cc(C#Cc3ccc(CC4CO4)cc3)ccc2c1.N#Cc1ccc2cc(C#Cc3ccc(OCC4CO4)cc3)ccc2c1. The monoisotopic (exact) mass is 634 g/mol. The van der Waals surface area contributed by atoms with Crippen molar-refractivity contribution in [1.82, 2.24) is 0 Å². The van der Waals surface area contributed by atoms with Crippen molar-refractivity contribution in [3.05, 3.63) is 160 Å². The van der Waals surface area contributed by atoms with Crippen molar-refractivity contribution < 1.29 is 14.2 Å². The molecule has 0 N–H and O–H groups in total. The van der Waals surface area contributed by atoms with Gasteiger partial charge in [0.2, 0.25) is 0 Å². The number of rotatable bonds is 5. The average molecular weight is 635 g/mol. The van der Waals surface area contributed by atoms with Gasteiger partial charge in [0, 0.05) is 28.7 Å². The van der Waals surface area contributed by atoms with Crippen LogP contribution in [-0.4, -0.2) is 32.0 Å². The molecule has 2 aliphatic heterocycles. The van der Waals surface area contributed by atoms with E-state index in [9.17, 15) is 0 Å². The van der Waals surface area contributed by atoms with E-state index < -0.39 is 0 Å². The highest BCUT2D eigenvalue weighted by atomic mass is 16.6. The molecular weight excluding hydrogens is 604 g/mol. The third kappa shape index (κ3) is 8.73. The molecule has 2 heterocycles. The first-order valence-electron chi connectivity index (χ1n) is 16.1. The Labute approximate surface area is 285 Å². The highest BCUT2D eigenvalue weighted by molar-refractivity contribution is 5.86. The van der Waals surface area contributed by atoms with Gasteiger partial charge >= 0.3 is 0 Å². The summed E-state index contributed by atoms with van der Waals surface area (Å²) >= 11 is 0. The highest BCUT2D eigenvalue weighted by Gasteiger charge is 2.23. The van der Waals surface area contributed by atoms with Crippen molar-refractivity contribution >= 4 is 21.5 Å². The molecule has 0 aliphatic carbocycles. The third-order valence-corrected chi connectivity index (χ3v) is 8.15. The summed E-state index contributed by atoms with van der Waals surface area (Å²) in [6, 6.07) is 43.9. The molecule has 2 aliphatic rings. The second-order valence-electron chi connectivity index (χ2n) is 11.9. The minimum absolute atomic E-state index is 0.261. The molecule has 234 valence electrons. The molecule has 6 aromatic rings. The van der Waals surface area contributed by atoms with Crippen molar-refractivity contribution in [2.24, 2.45) is 0 Å². The number of nitriles is 2. The Morgan fingerprint density at radius 2 is 0.878 bits per heavy atom. The van der Waals surface area contributed by atoms with Gasteiger partial charge in [-0.25, -0.2) is 0 Å². The molecule has 0 saturated carbocycles. The molecule has 49 heavy (non-hydrogen) atoms. The summed E-state index contributed by atoms with van der Waals surface area (Å²) in [6.45, 7) is 2.29. The number of ether oxygens (including phenoxy) is 3. The maximum absolute atomic E-state index is 8.96. The molecule has 2 atom stereocenters. The van der Waals surface area contributed by atoms with Crippen molar-refractivity contribution in [2.45, 2.75) is 18.6 Å². The summed E-state index contributed by atoms with van der Waals surface area (Å²) in [5.41, 5.74) is 6.51. The molecule has 0 amide bonds. The molecule has 2 unspecified atom stereocenters. The van der Waals surface area contributed by atoms with Crippen molar-refractivity contribution in [3.63, 3.8) is 0 Å². The Kier molecular flexibility index (Phi) is 9.32. The van der Waals surface area contributed by atoms with Crippen LogP contribution in [0.4, 0.5) is 0 Å². The van der Waals surface area contributed by atoms with Gasteiger partial charge in [-0.15, -0.1) is 0 Å². The second-order valence-corrected chi connectivity index (χ2v) is 11.9. The van der Waals surface area contributed by atoms with Crippen LogP contribution < -0.4 is 4.74 Å². The zero-order chi connectivity index (χ0) is 33.4. The first kappa shape index (κ1) is 31.3. The van der Waals surface area contributed by atoms with Crippen LogP contribution in [0.5, 0.6) is 5.75 Å². The largest absolute Gasteiger partial charge is 0.491 e. The fourth-order valence-electron chi connectivity index (χ4n) is 5.24. The average Bonchev–Trinajstić information content (AvgIpc) is 4.10. The lowest BCUT2D eigenvalue weighted by Crippen LogP contribution is -2.03. The minimum Gasteiger partial charge on any atom is -0.491 e. The number of benzene rings is 6. The van der Waals surface area contributed by atoms with Gasteiger partial charge in [-0.3, -0.25) is 0 Å². The van der Waals surface area contributed by atoms with E-state index >= 15 is 0 Å². The van der Waals surface area contributed by atoms with Gasteiger partial charge < -0.3 is 14.2 Å². The van der Waals surface area contributed by atoms with E-state index in [1.54, 1.807) is 0 Å². The molecule has 8 rings (SSSR count). The maximum Gasteiger partial charge on any atom is 0.119 e. The normalized spacial score (nSPS) is 15.2. The fraction of sp³-hybridized carbons (Fsp3) is 0.136. The minimum atomic E-state index is 0.261. The number of nitrogens with zero attached hydrogens (tertiary/aromatic N) is 2. The van der Waals surface area contributed by atoms with Crippen LogP contribution in [-0.2, 0) is 15.9 Å². The lowest BCUT2D eigenvalue weighted by molar-refractivity contribution is 0.263. The molecule has 2 fully saturated rings. The van der Waals surface area contributed by atoms with Crippen LogP contribution >= 0.6 is 0 Å². The van der Waals surface area contributed by atoms with E-state index in [-0.39, 0.29) is 6.10 Å². The lowest BCUT2D eigenvalue weighted by Gasteiger charge is -2.03. The van der Waals surface area contributed by atoms with Crippen molar-refractivity contribution in [2.75, 3.05) is 19.8 Å². The summed E-state index contributed by atoms with van der Waals surface area (Å²) in [5.74, 6) is 13.6. The first-order chi connectivity index (χ1) is 24.1. The summed E-state index contributed by atoms with van der Waals surface area (Å²) in [7, 11) is 0. The van der Waals surface area contributed by atoms with E-state index in [0.29, 0.717) is 23.8 Å². The quantitative estimate of drug-likeness (QED) is 0.142. The van der Waals surface area contributed by atoms with Crippen LogP contribution in [0.15, 0.2) is 121 Å². The Morgan fingerprint density at radius 3 is 1.33 bits per heavy atom. The Morgan fingerprint density at radius 1 is 0.490 bits per heavy atom. The number of epoxide rings is 2. The van der Waals surface area contributed by atoms with E-state index in [0.717, 1.165) is 69.2 Å². The molecule has 5 heteroatoms. The van der Waals surface area contributed by atoms with Crippen LogP contribution in [0, 0.1) is 46.3 Å². The second kappa shape index (κ2) is 14.6. The summed E-state index contributed by atoms with van der Waals surface area (Å²) in [6.07, 6.45) is 1.67. The van der Waals surface area contributed by atoms with Gasteiger partial charge in [0.25, 0.3) is 0 Å². The fourth-order valence-corrected chi connectivity index (χ4v) is 5.24. The molecule has 2 saturated heterocycles. The molecule has 0 aromatic heterocycles. The molecule has 0 spiro atoms. The summed E-state index contributed by atoms with van der Waals surface area (Å²) in [5, 5.41) is 22.2. The van der Waals surface area contributed by atoms with Crippen LogP contribution in [0.25, 0.3) is 21.5 Å². The van der Waals surface area contributed by atoms with Gasteiger partial charge in [0.15, 0.2) is 0 Å². The molecule has 6 aromatic carbocycles. The van der Waals surface area contributed by atoms with Crippen LogP contribution in [0.1, 0.15) is 38.9 Å². The van der Waals surface area contributed by atoms with E-state index in [1.165, 1.54) is 5.56 Å². The van der Waals surface area contributed by atoms with E-state index in [1.807, 2.05) is 91.0 Å².